The molecule has 17 heavy (non-hydrogen) atoms. The molecule has 0 bridgehead atoms. The second-order valence-electron chi connectivity index (χ2n) is 3.18. The molecule has 0 N–H and O–H groups in total. The Morgan fingerprint density at radius 1 is 1.53 bits per heavy atom. The van der Waals surface area contributed by atoms with Crippen LogP contribution in [0.2, 0.25) is 0 Å². The van der Waals surface area contributed by atoms with Crippen LogP contribution in [-0.4, -0.2) is 19.7 Å². The summed E-state index contributed by atoms with van der Waals surface area (Å²) in [5.74, 6) is 0.145. The van der Waals surface area contributed by atoms with Crippen LogP contribution in [-0.2, 0) is 10.6 Å². The number of halogens is 1. The molecule has 0 unspecified atom stereocenters. The number of nitrogens with zero attached hydrogens (tertiary/aromatic N) is 1. The first-order chi connectivity index (χ1) is 8.17. The Balaban J connectivity index is 3.29. The van der Waals surface area contributed by atoms with Crippen LogP contribution < -0.4 is 4.74 Å². The van der Waals surface area contributed by atoms with E-state index in [1.165, 1.54) is 19.2 Å². The molecule has 0 saturated heterocycles. The number of hydrogen-bond acceptors (Lipinski definition) is 4. The maximum absolute atomic E-state index is 11.6. The molecule has 0 amide bonds. The highest BCUT2D eigenvalue weighted by Gasteiger charge is 2.16. The molecule has 0 aromatic heterocycles. The molecule has 0 aliphatic heterocycles. The summed E-state index contributed by atoms with van der Waals surface area (Å²) in [6.07, 6.45) is 0. The van der Waals surface area contributed by atoms with E-state index in [-0.39, 0.29) is 23.6 Å². The number of rotatable bonds is 4. The smallest absolute Gasteiger partial charge is 0.339 e. The van der Waals surface area contributed by atoms with E-state index in [0.717, 1.165) is 0 Å². The van der Waals surface area contributed by atoms with Gasteiger partial charge in [-0.05, 0) is 19.1 Å². The largest absolute Gasteiger partial charge is 0.496 e. The Labute approximate surface area is 105 Å². The van der Waals surface area contributed by atoms with Gasteiger partial charge in [0.25, 0.3) is 0 Å². The van der Waals surface area contributed by atoms with E-state index in [1.54, 1.807) is 6.92 Å². The third-order valence-electron chi connectivity index (χ3n) is 2.18. The van der Waals surface area contributed by atoms with Crippen molar-refractivity contribution in [3.05, 3.63) is 28.8 Å². The summed E-state index contributed by atoms with van der Waals surface area (Å²) in [5.41, 5.74) is 1.10. The number of alkyl halides is 1. The van der Waals surface area contributed by atoms with E-state index in [4.69, 9.17) is 26.3 Å². The predicted molar refractivity (Wildman–Crippen MR) is 63.2 cm³/mol. The van der Waals surface area contributed by atoms with Gasteiger partial charge in [-0.3, -0.25) is 0 Å². The first-order valence-electron chi connectivity index (χ1n) is 5.02. The van der Waals surface area contributed by atoms with Crippen molar-refractivity contribution < 1.29 is 14.3 Å². The van der Waals surface area contributed by atoms with Gasteiger partial charge in [-0.1, -0.05) is 0 Å². The number of methoxy groups -OCH3 is 1. The molecule has 90 valence electrons. The Hall–Kier alpha value is -1.73. The average Bonchev–Trinajstić information content (AvgIpc) is 2.37. The molecule has 0 heterocycles. The maximum atomic E-state index is 11.6. The normalized spacial score (nSPS) is 9.53. The summed E-state index contributed by atoms with van der Waals surface area (Å²) in [7, 11) is 1.48. The molecular formula is C12H12ClNO3. The Kier molecular flexibility index (Phi) is 4.80. The summed E-state index contributed by atoms with van der Waals surface area (Å²) in [6.45, 7) is 1.96. The third-order valence-corrected chi connectivity index (χ3v) is 2.47. The van der Waals surface area contributed by atoms with Crippen molar-refractivity contribution in [1.29, 1.82) is 5.26 Å². The van der Waals surface area contributed by atoms with Crippen LogP contribution in [0.1, 0.15) is 28.4 Å². The molecule has 1 aromatic carbocycles. The van der Waals surface area contributed by atoms with Gasteiger partial charge in [-0.15, -0.1) is 11.6 Å². The number of benzene rings is 1. The Morgan fingerprint density at radius 2 is 2.24 bits per heavy atom. The van der Waals surface area contributed by atoms with E-state index in [0.29, 0.717) is 11.3 Å². The molecule has 1 rings (SSSR count). The van der Waals surface area contributed by atoms with E-state index in [9.17, 15) is 4.79 Å². The van der Waals surface area contributed by atoms with Crippen LogP contribution in [0.15, 0.2) is 12.1 Å². The van der Waals surface area contributed by atoms with E-state index < -0.39 is 5.97 Å². The van der Waals surface area contributed by atoms with Crippen molar-refractivity contribution in [1.82, 2.24) is 0 Å². The molecule has 0 saturated carbocycles. The number of carbonyl (C=O) groups excluding carboxylic acids is 1. The molecule has 0 aliphatic carbocycles. The minimum absolute atomic E-state index is 0.195. The fourth-order valence-corrected chi connectivity index (χ4v) is 1.60. The quantitative estimate of drug-likeness (QED) is 0.611. The molecule has 0 spiro atoms. The minimum atomic E-state index is -0.538. The highest BCUT2D eigenvalue weighted by molar-refractivity contribution is 6.17. The zero-order valence-electron chi connectivity index (χ0n) is 9.62. The van der Waals surface area contributed by atoms with Crippen molar-refractivity contribution >= 4 is 17.6 Å². The summed E-state index contributed by atoms with van der Waals surface area (Å²) >= 11 is 5.73. The summed E-state index contributed by atoms with van der Waals surface area (Å²) < 4.78 is 9.97. The predicted octanol–water partition coefficient (Wildman–Crippen LogP) is 2.48. The van der Waals surface area contributed by atoms with Crippen LogP contribution in [0.3, 0.4) is 0 Å². The highest BCUT2D eigenvalue weighted by Crippen LogP contribution is 2.25. The van der Waals surface area contributed by atoms with Crippen LogP contribution in [0, 0.1) is 11.3 Å². The van der Waals surface area contributed by atoms with E-state index in [2.05, 4.69) is 0 Å². The SMILES string of the molecule is CCOC(=O)c1cc(OC)c(CCl)cc1C#N. The minimum Gasteiger partial charge on any atom is -0.496 e. The summed E-state index contributed by atoms with van der Waals surface area (Å²) in [5, 5.41) is 8.98. The van der Waals surface area contributed by atoms with Gasteiger partial charge in [0.05, 0.1) is 30.7 Å². The first kappa shape index (κ1) is 13.3. The summed E-state index contributed by atoms with van der Waals surface area (Å²) in [6, 6.07) is 4.97. The number of esters is 1. The van der Waals surface area contributed by atoms with Crippen LogP contribution in [0.4, 0.5) is 0 Å². The molecule has 4 nitrogen and oxygen atoms in total. The zero-order valence-corrected chi connectivity index (χ0v) is 10.4. The third kappa shape index (κ3) is 2.89. The van der Waals surface area contributed by atoms with Crippen molar-refractivity contribution in [2.24, 2.45) is 0 Å². The molecule has 0 radical (unpaired) electrons. The first-order valence-corrected chi connectivity index (χ1v) is 5.55. The van der Waals surface area contributed by atoms with Gasteiger partial charge in [0.15, 0.2) is 0 Å². The van der Waals surface area contributed by atoms with Gasteiger partial charge >= 0.3 is 5.97 Å². The lowest BCUT2D eigenvalue weighted by Gasteiger charge is -2.10. The van der Waals surface area contributed by atoms with Crippen LogP contribution >= 0.6 is 11.6 Å². The second kappa shape index (κ2) is 6.12. The van der Waals surface area contributed by atoms with E-state index >= 15 is 0 Å². The second-order valence-corrected chi connectivity index (χ2v) is 3.44. The van der Waals surface area contributed by atoms with Crippen molar-refractivity contribution in [2.75, 3.05) is 13.7 Å². The van der Waals surface area contributed by atoms with Crippen LogP contribution in [0.5, 0.6) is 5.75 Å². The topological polar surface area (TPSA) is 59.3 Å². The standard InChI is InChI=1S/C12H12ClNO3/c1-3-17-12(15)10-5-11(16-2)8(6-13)4-9(10)7-14/h4-5H,3,6H2,1-2H3. The van der Waals surface area contributed by atoms with E-state index in [1.807, 2.05) is 6.07 Å². The van der Waals surface area contributed by atoms with Gasteiger partial charge in [0.2, 0.25) is 0 Å². The number of ether oxygens (including phenoxy) is 2. The zero-order chi connectivity index (χ0) is 12.8. The maximum Gasteiger partial charge on any atom is 0.339 e. The molecule has 1 aromatic rings. The molecule has 5 heteroatoms. The van der Waals surface area contributed by atoms with Gasteiger partial charge in [-0.25, -0.2) is 4.79 Å². The Morgan fingerprint density at radius 3 is 2.71 bits per heavy atom. The van der Waals surface area contributed by atoms with Crippen molar-refractivity contribution in [3.63, 3.8) is 0 Å². The van der Waals surface area contributed by atoms with Crippen molar-refractivity contribution in [2.45, 2.75) is 12.8 Å². The Bertz CT molecular complexity index is 466. The fourth-order valence-electron chi connectivity index (χ4n) is 1.39. The number of nitriles is 1. The van der Waals surface area contributed by atoms with Crippen LogP contribution in [0.25, 0.3) is 0 Å². The van der Waals surface area contributed by atoms with Gasteiger partial charge in [0, 0.05) is 5.56 Å². The lowest BCUT2D eigenvalue weighted by atomic mass is 10.0. The lowest BCUT2D eigenvalue weighted by molar-refractivity contribution is 0.0525. The average molecular weight is 254 g/mol. The monoisotopic (exact) mass is 253 g/mol. The van der Waals surface area contributed by atoms with Gasteiger partial charge < -0.3 is 9.47 Å². The van der Waals surface area contributed by atoms with Gasteiger partial charge in [-0.2, -0.15) is 5.26 Å². The number of carbonyl (C=O) groups is 1. The highest BCUT2D eigenvalue weighted by atomic mass is 35.5. The lowest BCUT2D eigenvalue weighted by Crippen LogP contribution is -2.08. The number of hydrogen-bond donors (Lipinski definition) is 0. The molecular weight excluding hydrogens is 242 g/mol. The fraction of sp³-hybridized carbons (Fsp3) is 0.333. The summed E-state index contributed by atoms with van der Waals surface area (Å²) in [4.78, 5) is 11.6. The molecule has 0 atom stereocenters. The molecule has 0 fully saturated rings. The van der Waals surface area contributed by atoms with Gasteiger partial charge in [0.1, 0.15) is 11.8 Å². The van der Waals surface area contributed by atoms with Crippen molar-refractivity contribution in [3.8, 4) is 11.8 Å². The molecule has 0 aliphatic rings.